The second kappa shape index (κ2) is 8.15. The van der Waals surface area contributed by atoms with Gasteiger partial charge in [-0.15, -0.1) is 0 Å². The maximum atomic E-state index is 12.8. The molecule has 0 saturated carbocycles. The molecule has 2 aromatic rings. The topological polar surface area (TPSA) is 61.4 Å². The van der Waals surface area contributed by atoms with E-state index < -0.39 is 0 Å². The second-order valence-electron chi connectivity index (χ2n) is 7.88. The standard InChI is InChI=1S/C23H27N3O2/c1-16-4-7-18(8-5-16)23(28)26-10-2-3-20(15-26)22(27)25-12-17-6-9-19-13-24-14-21(19)11-17/h4-9,11,20,24H,2-3,10,12-15H2,1H3,(H,25,27). The molecule has 1 atom stereocenters. The van der Waals surface area contributed by atoms with Gasteiger partial charge in [0.25, 0.3) is 5.91 Å². The van der Waals surface area contributed by atoms with Crippen LogP contribution in [-0.2, 0) is 24.4 Å². The van der Waals surface area contributed by atoms with Gasteiger partial charge in [0.05, 0.1) is 5.92 Å². The van der Waals surface area contributed by atoms with Crippen molar-refractivity contribution in [1.29, 1.82) is 0 Å². The molecule has 146 valence electrons. The number of benzene rings is 2. The van der Waals surface area contributed by atoms with Gasteiger partial charge in [0, 0.05) is 38.3 Å². The van der Waals surface area contributed by atoms with Crippen molar-refractivity contribution in [3.8, 4) is 0 Å². The summed E-state index contributed by atoms with van der Waals surface area (Å²) in [5.74, 6) is -0.0807. The molecule has 0 spiro atoms. The van der Waals surface area contributed by atoms with Crippen LogP contribution in [0.15, 0.2) is 42.5 Å². The van der Waals surface area contributed by atoms with Gasteiger partial charge in [-0.25, -0.2) is 0 Å². The van der Waals surface area contributed by atoms with Gasteiger partial charge in [0.1, 0.15) is 0 Å². The van der Waals surface area contributed by atoms with Crippen LogP contribution in [0.5, 0.6) is 0 Å². The minimum absolute atomic E-state index is 0.0172. The Labute approximate surface area is 166 Å². The lowest BCUT2D eigenvalue weighted by atomic mass is 9.96. The van der Waals surface area contributed by atoms with E-state index in [9.17, 15) is 9.59 Å². The minimum atomic E-state index is -0.140. The maximum Gasteiger partial charge on any atom is 0.253 e. The summed E-state index contributed by atoms with van der Waals surface area (Å²) < 4.78 is 0. The largest absolute Gasteiger partial charge is 0.352 e. The average molecular weight is 377 g/mol. The third kappa shape index (κ3) is 4.09. The lowest BCUT2D eigenvalue weighted by Crippen LogP contribution is -2.45. The number of carbonyl (C=O) groups is 2. The Hall–Kier alpha value is -2.66. The summed E-state index contributed by atoms with van der Waals surface area (Å²) in [7, 11) is 0. The predicted molar refractivity (Wildman–Crippen MR) is 109 cm³/mol. The number of piperidine rings is 1. The molecule has 4 rings (SSSR count). The molecule has 2 amide bonds. The van der Waals surface area contributed by atoms with E-state index in [0.717, 1.165) is 37.1 Å². The van der Waals surface area contributed by atoms with Gasteiger partial charge in [-0.2, -0.15) is 0 Å². The van der Waals surface area contributed by atoms with Crippen molar-refractivity contribution in [2.75, 3.05) is 13.1 Å². The summed E-state index contributed by atoms with van der Waals surface area (Å²) in [6.45, 7) is 5.58. The molecule has 5 heteroatoms. The highest BCUT2D eigenvalue weighted by Gasteiger charge is 2.28. The lowest BCUT2D eigenvalue weighted by molar-refractivity contribution is -0.126. The van der Waals surface area contributed by atoms with Crippen LogP contribution in [0, 0.1) is 12.8 Å². The van der Waals surface area contributed by atoms with E-state index in [1.165, 1.54) is 11.1 Å². The first-order valence-electron chi connectivity index (χ1n) is 10.1. The number of aryl methyl sites for hydroxylation is 1. The zero-order valence-electron chi connectivity index (χ0n) is 16.3. The zero-order chi connectivity index (χ0) is 19.5. The molecule has 0 bridgehead atoms. The van der Waals surface area contributed by atoms with Crippen molar-refractivity contribution in [3.63, 3.8) is 0 Å². The smallest absolute Gasteiger partial charge is 0.253 e. The normalized spacial score (nSPS) is 18.6. The van der Waals surface area contributed by atoms with Gasteiger partial charge in [0.15, 0.2) is 0 Å². The molecule has 2 N–H and O–H groups in total. The summed E-state index contributed by atoms with van der Waals surface area (Å²) in [6, 6.07) is 14.0. The molecule has 2 aliphatic rings. The van der Waals surface area contributed by atoms with Crippen LogP contribution in [0.25, 0.3) is 0 Å². The molecule has 2 aromatic carbocycles. The number of hydrogen-bond acceptors (Lipinski definition) is 3. The van der Waals surface area contributed by atoms with E-state index in [1.807, 2.05) is 36.1 Å². The van der Waals surface area contributed by atoms with E-state index in [-0.39, 0.29) is 17.7 Å². The van der Waals surface area contributed by atoms with Crippen LogP contribution >= 0.6 is 0 Å². The number of nitrogens with one attached hydrogen (secondary N) is 2. The Morgan fingerprint density at radius 2 is 1.89 bits per heavy atom. The van der Waals surface area contributed by atoms with Crippen LogP contribution in [0.4, 0.5) is 0 Å². The first-order chi connectivity index (χ1) is 13.6. The number of fused-ring (bicyclic) bond motifs is 1. The highest BCUT2D eigenvalue weighted by Crippen LogP contribution is 2.20. The van der Waals surface area contributed by atoms with Gasteiger partial charge in [-0.3, -0.25) is 9.59 Å². The van der Waals surface area contributed by atoms with Crippen molar-refractivity contribution in [2.24, 2.45) is 5.92 Å². The van der Waals surface area contributed by atoms with Gasteiger partial charge in [0.2, 0.25) is 5.91 Å². The fraction of sp³-hybridized carbons (Fsp3) is 0.391. The Bertz CT molecular complexity index is 876. The van der Waals surface area contributed by atoms with E-state index in [0.29, 0.717) is 25.2 Å². The fourth-order valence-electron chi connectivity index (χ4n) is 4.05. The molecule has 1 saturated heterocycles. The first-order valence-corrected chi connectivity index (χ1v) is 10.1. The van der Waals surface area contributed by atoms with Crippen molar-refractivity contribution in [1.82, 2.24) is 15.5 Å². The van der Waals surface area contributed by atoms with Crippen LogP contribution in [0.1, 0.15) is 45.5 Å². The summed E-state index contributed by atoms with van der Waals surface area (Å²) in [4.78, 5) is 27.3. The van der Waals surface area contributed by atoms with Crippen LogP contribution < -0.4 is 10.6 Å². The Morgan fingerprint density at radius 1 is 1.11 bits per heavy atom. The number of nitrogens with zero attached hydrogens (tertiary/aromatic N) is 1. The van der Waals surface area contributed by atoms with Gasteiger partial charge in [-0.1, -0.05) is 35.9 Å². The highest BCUT2D eigenvalue weighted by atomic mass is 16.2. The van der Waals surface area contributed by atoms with E-state index in [2.05, 4.69) is 28.8 Å². The maximum absolute atomic E-state index is 12.8. The number of amides is 2. The molecule has 1 unspecified atom stereocenters. The fourth-order valence-corrected chi connectivity index (χ4v) is 4.05. The van der Waals surface area contributed by atoms with Crippen LogP contribution in [0.2, 0.25) is 0 Å². The molecular formula is C23H27N3O2. The van der Waals surface area contributed by atoms with E-state index in [4.69, 9.17) is 0 Å². The molecule has 2 aliphatic heterocycles. The SMILES string of the molecule is Cc1ccc(C(=O)N2CCCC(C(=O)NCc3ccc4c(c3)CNC4)C2)cc1. The van der Waals surface area contributed by atoms with Crippen molar-refractivity contribution in [2.45, 2.75) is 39.4 Å². The van der Waals surface area contributed by atoms with E-state index in [1.54, 1.807) is 0 Å². The Balaban J connectivity index is 1.34. The number of hydrogen-bond donors (Lipinski definition) is 2. The summed E-state index contributed by atoms with van der Waals surface area (Å²) in [6.07, 6.45) is 1.69. The molecule has 0 radical (unpaired) electrons. The van der Waals surface area contributed by atoms with Crippen LogP contribution in [-0.4, -0.2) is 29.8 Å². The molecular weight excluding hydrogens is 350 g/mol. The lowest BCUT2D eigenvalue weighted by Gasteiger charge is -2.32. The molecule has 0 aliphatic carbocycles. The number of carbonyl (C=O) groups excluding carboxylic acids is 2. The first kappa shape index (κ1) is 18.7. The summed E-state index contributed by atoms with van der Waals surface area (Å²) >= 11 is 0. The molecule has 1 fully saturated rings. The molecule has 5 nitrogen and oxygen atoms in total. The average Bonchev–Trinajstić information content (AvgIpc) is 3.20. The monoisotopic (exact) mass is 377 g/mol. The third-order valence-corrected chi connectivity index (χ3v) is 5.75. The van der Waals surface area contributed by atoms with Gasteiger partial charge >= 0.3 is 0 Å². The Kier molecular flexibility index (Phi) is 5.44. The molecule has 0 aromatic heterocycles. The minimum Gasteiger partial charge on any atom is -0.352 e. The zero-order valence-corrected chi connectivity index (χ0v) is 16.3. The summed E-state index contributed by atoms with van der Waals surface area (Å²) in [5, 5.41) is 6.41. The van der Waals surface area contributed by atoms with Gasteiger partial charge in [-0.05, 0) is 48.6 Å². The second-order valence-corrected chi connectivity index (χ2v) is 7.88. The summed E-state index contributed by atoms with van der Waals surface area (Å²) in [5.41, 5.74) is 5.61. The Morgan fingerprint density at radius 3 is 2.71 bits per heavy atom. The molecule has 28 heavy (non-hydrogen) atoms. The predicted octanol–water partition coefficient (Wildman–Crippen LogP) is 2.77. The highest BCUT2D eigenvalue weighted by molar-refractivity contribution is 5.94. The van der Waals surface area contributed by atoms with E-state index >= 15 is 0 Å². The van der Waals surface area contributed by atoms with Gasteiger partial charge < -0.3 is 15.5 Å². The van der Waals surface area contributed by atoms with Crippen molar-refractivity contribution in [3.05, 3.63) is 70.3 Å². The third-order valence-electron chi connectivity index (χ3n) is 5.75. The molecule has 2 heterocycles. The number of likely N-dealkylation sites (tertiary alicyclic amines) is 1. The van der Waals surface area contributed by atoms with Crippen LogP contribution in [0.3, 0.4) is 0 Å². The van der Waals surface area contributed by atoms with Crippen molar-refractivity contribution >= 4 is 11.8 Å². The number of rotatable bonds is 4. The quantitative estimate of drug-likeness (QED) is 0.861. The van der Waals surface area contributed by atoms with Crippen molar-refractivity contribution < 1.29 is 9.59 Å².